The standard InChI is InChI=1S/C14H12N6O2/c1-7-11(8(2)22-19-7)9-6-20-14(12(15)16-9)17-13(18-20)10-4-3-5-21-10/h3-6H,1-2H3,(H2,15,16). The quantitative estimate of drug-likeness (QED) is 0.604. The maximum Gasteiger partial charge on any atom is 0.218 e. The second-order valence-electron chi connectivity index (χ2n) is 4.89. The zero-order valence-electron chi connectivity index (χ0n) is 11.9. The van der Waals surface area contributed by atoms with Gasteiger partial charge in [0, 0.05) is 0 Å². The Kier molecular flexibility index (Phi) is 2.52. The summed E-state index contributed by atoms with van der Waals surface area (Å²) in [5, 5.41) is 8.32. The van der Waals surface area contributed by atoms with Crippen LogP contribution in [0, 0.1) is 13.8 Å². The number of aryl methyl sites for hydroxylation is 2. The number of furan rings is 1. The van der Waals surface area contributed by atoms with Gasteiger partial charge in [-0.2, -0.15) is 0 Å². The molecule has 22 heavy (non-hydrogen) atoms. The first-order valence-corrected chi connectivity index (χ1v) is 6.63. The van der Waals surface area contributed by atoms with E-state index in [2.05, 4.69) is 20.2 Å². The topological polar surface area (TPSA) is 108 Å². The van der Waals surface area contributed by atoms with Gasteiger partial charge in [-0.1, -0.05) is 5.16 Å². The monoisotopic (exact) mass is 296 g/mol. The predicted octanol–water partition coefficient (Wildman–Crippen LogP) is 2.24. The molecule has 0 bridgehead atoms. The molecule has 0 aliphatic carbocycles. The van der Waals surface area contributed by atoms with Crippen molar-refractivity contribution < 1.29 is 8.94 Å². The Bertz CT molecular complexity index is 947. The van der Waals surface area contributed by atoms with Crippen LogP contribution in [0.1, 0.15) is 11.5 Å². The summed E-state index contributed by atoms with van der Waals surface area (Å²) < 4.78 is 12.1. The molecule has 0 saturated heterocycles. The minimum Gasteiger partial charge on any atom is -0.461 e. The van der Waals surface area contributed by atoms with E-state index in [1.54, 1.807) is 29.1 Å². The summed E-state index contributed by atoms with van der Waals surface area (Å²) in [6, 6.07) is 3.56. The molecule has 0 aliphatic heterocycles. The van der Waals surface area contributed by atoms with Gasteiger partial charge in [0.25, 0.3) is 0 Å². The maximum absolute atomic E-state index is 6.01. The molecule has 0 atom stereocenters. The number of hydrogen-bond acceptors (Lipinski definition) is 7. The van der Waals surface area contributed by atoms with Crippen molar-refractivity contribution >= 4 is 11.5 Å². The number of nitrogen functional groups attached to an aromatic ring is 1. The molecule has 4 aromatic heterocycles. The Morgan fingerprint density at radius 3 is 2.77 bits per heavy atom. The van der Waals surface area contributed by atoms with Gasteiger partial charge in [-0.15, -0.1) is 5.10 Å². The predicted molar refractivity (Wildman–Crippen MR) is 77.9 cm³/mol. The Morgan fingerprint density at radius 1 is 1.23 bits per heavy atom. The van der Waals surface area contributed by atoms with E-state index in [1.807, 2.05) is 13.8 Å². The third-order valence-corrected chi connectivity index (χ3v) is 3.38. The molecule has 0 fully saturated rings. The summed E-state index contributed by atoms with van der Waals surface area (Å²) >= 11 is 0. The number of fused-ring (bicyclic) bond motifs is 1. The van der Waals surface area contributed by atoms with Crippen LogP contribution in [0.3, 0.4) is 0 Å². The third-order valence-electron chi connectivity index (χ3n) is 3.38. The SMILES string of the molecule is Cc1noc(C)c1-c1cn2nc(-c3ccco3)nc2c(N)n1. The minimum absolute atomic E-state index is 0.280. The Balaban J connectivity index is 1.93. The summed E-state index contributed by atoms with van der Waals surface area (Å²) in [7, 11) is 0. The lowest BCUT2D eigenvalue weighted by Crippen LogP contribution is -2.00. The van der Waals surface area contributed by atoms with E-state index in [0.717, 1.165) is 11.3 Å². The molecule has 4 aromatic rings. The molecular weight excluding hydrogens is 284 g/mol. The Labute approximate surface area is 124 Å². The molecule has 0 radical (unpaired) electrons. The van der Waals surface area contributed by atoms with Gasteiger partial charge >= 0.3 is 0 Å². The molecule has 0 unspecified atom stereocenters. The van der Waals surface area contributed by atoms with Crippen molar-refractivity contribution in [3.8, 4) is 22.8 Å². The summed E-state index contributed by atoms with van der Waals surface area (Å²) in [6.07, 6.45) is 3.32. The van der Waals surface area contributed by atoms with Gasteiger partial charge in [-0.25, -0.2) is 14.5 Å². The van der Waals surface area contributed by atoms with E-state index in [0.29, 0.717) is 28.7 Å². The molecule has 4 rings (SSSR count). The fraction of sp³-hybridized carbons (Fsp3) is 0.143. The van der Waals surface area contributed by atoms with Crippen LogP contribution in [0.25, 0.3) is 28.5 Å². The molecule has 0 aromatic carbocycles. The summed E-state index contributed by atoms with van der Waals surface area (Å²) in [6.45, 7) is 3.68. The molecule has 0 spiro atoms. The highest BCUT2D eigenvalue weighted by Gasteiger charge is 2.17. The highest BCUT2D eigenvalue weighted by atomic mass is 16.5. The maximum atomic E-state index is 6.01. The normalized spacial score (nSPS) is 11.4. The Hall–Kier alpha value is -3.16. The van der Waals surface area contributed by atoms with E-state index >= 15 is 0 Å². The van der Waals surface area contributed by atoms with Gasteiger partial charge in [0.2, 0.25) is 5.82 Å². The molecule has 8 heteroatoms. The molecule has 0 aliphatic rings. The first-order valence-electron chi connectivity index (χ1n) is 6.63. The van der Waals surface area contributed by atoms with E-state index < -0.39 is 0 Å². The van der Waals surface area contributed by atoms with Crippen LogP contribution in [-0.2, 0) is 0 Å². The number of nitrogens with two attached hydrogens (primary N) is 1. The van der Waals surface area contributed by atoms with Gasteiger partial charge in [-0.3, -0.25) is 0 Å². The highest BCUT2D eigenvalue weighted by Crippen LogP contribution is 2.27. The second kappa shape index (κ2) is 4.42. The molecule has 110 valence electrons. The molecule has 8 nitrogen and oxygen atoms in total. The Morgan fingerprint density at radius 2 is 2.09 bits per heavy atom. The average Bonchev–Trinajstić information content (AvgIpc) is 3.18. The lowest BCUT2D eigenvalue weighted by Gasteiger charge is -2.02. The smallest absolute Gasteiger partial charge is 0.218 e. The van der Waals surface area contributed by atoms with Crippen molar-refractivity contribution in [3.63, 3.8) is 0 Å². The highest BCUT2D eigenvalue weighted by molar-refractivity contribution is 5.70. The van der Waals surface area contributed by atoms with Gasteiger partial charge in [0.05, 0.1) is 29.4 Å². The number of rotatable bonds is 2. The average molecular weight is 296 g/mol. The lowest BCUT2D eigenvalue weighted by atomic mass is 10.1. The second-order valence-corrected chi connectivity index (χ2v) is 4.89. The van der Waals surface area contributed by atoms with Crippen LogP contribution < -0.4 is 5.73 Å². The number of nitrogens with zero attached hydrogens (tertiary/aromatic N) is 5. The number of hydrogen-bond donors (Lipinski definition) is 1. The molecule has 2 N–H and O–H groups in total. The fourth-order valence-electron chi connectivity index (χ4n) is 2.39. The fourth-order valence-corrected chi connectivity index (χ4v) is 2.39. The molecule has 0 amide bonds. The van der Waals surface area contributed by atoms with Gasteiger partial charge in [0.1, 0.15) is 5.76 Å². The summed E-state index contributed by atoms with van der Waals surface area (Å²) in [4.78, 5) is 8.74. The third kappa shape index (κ3) is 1.77. The lowest BCUT2D eigenvalue weighted by molar-refractivity contribution is 0.393. The van der Waals surface area contributed by atoms with Crippen molar-refractivity contribution in [2.75, 3.05) is 5.73 Å². The minimum atomic E-state index is 0.280. The van der Waals surface area contributed by atoms with E-state index in [1.165, 1.54) is 0 Å². The van der Waals surface area contributed by atoms with Crippen LogP contribution in [0.15, 0.2) is 33.5 Å². The van der Waals surface area contributed by atoms with Crippen LogP contribution in [0.5, 0.6) is 0 Å². The van der Waals surface area contributed by atoms with Crippen LogP contribution >= 0.6 is 0 Å². The first-order chi connectivity index (χ1) is 10.6. The van der Waals surface area contributed by atoms with Crippen molar-refractivity contribution in [3.05, 3.63) is 36.0 Å². The van der Waals surface area contributed by atoms with E-state index in [-0.39, 0.29) is 5.82 Å². The van der Waals surface area contributed by atoms with E-state index in [9.17, 15) is 0 Å². The van der Waals surface area contributed by atoms with Crippen LogP contribution in [0.2, 0.25) is 0 Å². The van der Waals surface area contributed by atoms with Gasteiger partial charge in [0.15, 0.2) is 17.2 Å². The van der Waals surface area contributed by atoms with Crippen molar-refractivity contribution in [2.45, 2.75) is 13.8 Å². The largest absolute Gasteiger partial charge is 0.461 e. The number of anilines is 1. The van der Waals surface area contributed by atoms with Crippen LogP contribution in [0.4, 0.5) is 5.82 Å². The summed E-state index contributed by atoms with van der Waals surface area (Å²) in [5.74, 6) is 1.98. The molecule has 0 saturated carbocycles. The zero-order chi connectivity index (χ0) is 15.3. The zero-order valence-corrected chi connectivity index (χ0v) is 11.9. The number of aromatic nitrogens is 5. The van der Waals surface area contributed by atoms with Gasteiger partial charge in [-0.05, 0) is 26.0 Å². The van der Waals surface area contributed by atoms with Gasteiger partial charge < -0.3 is 14.7 Å². The van der Waals surface area contributed by atoms with Crippen molar-refractivity contribution in [1.29, 1.82) is 0 Å². The van der Waals surface area contributed by atoms with E-state index in [4.69, 9.17) is 14.7 Å². The van der Waals surface area contributed by atoms with Crippen molar-refractivity contribution in [1.82, 2.24) is 24.7 Å². The van der Waals surface area contributed by atoms with Crippen LogP contribution in [-0.4, -0.2) is 24.7 Å². The summed E-state index contributed by atoms with van der Waals surface area (Å²) in [5.41, 5.74) is 8.68. The molecular formula is C14H12N6O2. The first kappa shape index (κ1) is 12.6. The molecule has 4 heterocycles. The van der Waals surface area contributed by atoms with Crippen molar-refractivity contribution in [2.24, 2.45) is 0 Å².